The lowest BCUT2D eigenvalue weighted by Gasteiger charge is -2.35. The number of hydrogen-bond donors (Lipinski definition) is 2. The van der Waals surface area contributed by atoms with Crippen LogP contribution in [0.25, 0.3) is 0 Å². The summed E-state index contributed by atoms with van der Waals surface area (Å²) in [6.07, 6.45) is 10.3. The van der Waals surface area contributed by atoms with E-state index in [0.717, 1.165) is 44.6 Å². The Labute approximate surface area is 172 Å². The molecule has 0 spiro atoms. The number of carbonyl (C=O) groups excluding carboxylic acids is 2. The first-order chi connectivity index (χ1) is 13.4. The molecule has 2 aliphatic rings. The summed E-state index contributed by atoms with van der Waals surface area (Å²) in [6.45, 7) is 11.5. The highest BCUT2D eigenvalue weighted by atomic mass is 16.2. The summed E-state index contributed by atoms with van der Waals surface area (Å²) in [5, 5.41) is 6.12. The van der Waals surface area contributed by atoms with Crippen LogP contribution in [0.1, 0.15) is 85.5 Å². The summed E-state index contributed by atoms with van der Waals surface area (Å²) in [5.41, 5.74) is 0. The Morgan fingerprint density at radius 2 is 1.79 bits per heavy atom. The lowest BCUT2D eigenvalue weighted by Crippen LogP contribution is -2.51. The number of piperidine rings is 1. The molecular formula is C23H43N3O2. The topological polar surface area (TPSA) is 61.4 Å². The number of hydrogen-bond acceptors (Lipinski definition) is 3. The van der Waals surface area contributed by atoms with E-state index in [1.807, 2.05) is 13.8 Å². The first-order valence-corrected chi connectivity index (χ1v) is 11.7. The number of carbonyl (C=O) groups is 2. The quantitative estimate of drug-likeness (QED) is 0.587. The monoisotopic (exact) mass is 393 g/mol. The molecule has 5 heteroatoms. The van der Waals surface area contributed by atoms with Gasteiger partial charge in [0.25, 0.3) is 0 Å². The van der Waals surface area contributed by atoms with Crippen LogP contribution in [-0.4, -0.2) is 48.4 Å². The molecule has 1 aliphatic heterocycles. The van der Waals surface area contributed by atoms with E-state index in [2.05, 4.69) is 29.4 Å². The third kappa shape index (κ3) is 7.06. The van der Waals surface area contributed by atoms with E-state index in [0.29, 0.717) is 12.6 Å². The Bertz CT molecular complexity index is 486. The van der Waals surface area contributed by atoms with Crippen molar-refractivity contribution in [1.82, 2.24) is 15.5 Å². The average molecular weight is 394 g/mol. The summed E-state index contributed by atoms with van der Waals surface area (Å²) >= 11 is 0. The number of amides is 2. The summed E-state index contributed by atoms with van der Waals surface area (Å²) in [5.74, 6) is 0.937. The van der Waals surface area contributed by atoms with Gasteiger partial charge in [-0.05, 0) is 69.7 Å². The molecule has 162 valence electrons. The van der Waals surface area contributed by atoms with Crippen molar-refractivity contribution in [3.8, 4) is 0 Å². The minimum absolute atomic E-state index is 0.0294. The average Bonchev–Trinajstić information content (AvgIpc) is 2.69. The standard InChI is InChI=1S/C23H43N3O2/c1-5-20-9-6-7-15-26(20)16-8-14-24-23(28)21(17(2)3)25-22(27)19-12-10-18(4)11-13-19/h17-21H,5-16H2,1-4H3,(H,24,28)(H,25,27). The largest absolute Gasteiger partial charge is 0.354 e. The predicted octanol–water partition coefficient (Wildman–Crippen LogP) is 3.72. The Kier molecular flexibility index (Phi) is 9.76. The smallest absolute Gasteiger partial charge is 0.242 e. The SMILES string of the molecule is CCC1CCCCN1CCCNC(=O)C(NC(=O)C1CCC(C)CC1)C(C)C. The molecule has 2 N–H and O–H groups in total. The lowest BCUT2D eigenvalue weighted by molar-refractivity contribution is -0.132. The molecule has 0 radical (unpaired) electrons. The van der Waals surface area contributed by atoms with Gasteiger partial charge < -0.3 is 15.5 Å². The van der Waals surface area contributed by atoms with Crippen molar-refractivity contribution in [3.05, 3.63) is 0 Å². The van der Waals surface area contributed by atoms with Crippen LogP contribution in [-0.2, 0) is 9.59 Å². The van der Waals surface area contributed by atoms with Gasteiger partial charge in [-0.25, -0.2) is 0 Å². The van der Waals surface area contributed by atoms with E-state index in [1.165, 1.54) is 32.2 Å². The highest BCUT2D eigenvalue weighted by Gasteiger charge is 2.29. The third-order valence-electron chi connectivity index (χ3n) is 6.78. The molecule has 0 aromatic heterocycles. The molecule has 2 unspecified atom stereocenters. The molecule has 1 saturated carbocycles. The van der Waals surface area contributed by atoms with Gasteiger partial charge in [0, 0.05) is 25.0 Å². The number of rotatable bonds is 9. The van der Waals surface area contributed by atoms with E-state index in [-0.39, 0.29) is 23.7 Å². The zero-order valence-electron chi connectivity index (χ0n) is 18.6. The minimum Gasteiger partial charge on any atom is -0.354 e. The third-order valence-corrected chi connectivity index (χ3v) is 6.78. The van der Waals surface area contributed by atoms with E-state index in [1.54, 1.807) is 0 Å². The van der Waals surface area contributed by atoms with Crippen LogP contribution in [0, 0.1) is 17.8 Å². The van der Waals surface area contributed by atoms with Gasteiger partial charge in [0.2, 0.25) is 11.8 Å². The highest BCUT2D eigenvalue weighted by molar-refractivity contribution is 5.88. The Hall–Kier alpha value is -1.10. The van der Waals surface area contributed by atoms with Gasteiger partial charge in [-0.3, -0.25) is 9.59 Å². The van der Waals surface area contributed by atoms with Crippen LogP contribution in [0.4, 0.5) is 0 Å². The van der Waals surface area contributed by atoms with Gasteiger partial charge in [-0.2, -0.15) is 0 Å². The first-order valence-electron chi connectivity index (χ1n) is 11.7. The molecule has 2 atom stereocenters. The fourth-order valence-corrected chi connectivity index (χ4v) is 4.75. The van der Waals surface area contributed by atoms with Crippen LogP contribution >= 0.6 is 0 Å². The second kappa shape index (κ2) is 11.8. The molecule has 0 aromatic rings. The fourth-order valence-electron chi connectivity index (χ4n) is 4.75. The van der Waals surface area contributed by atoms with Crippen molar-refractivity contribution in [1.29, 1.82) is 0 Å². The summed E-state index contributed by atoms with van der Waals surface area (Å²) in [6, 6.07) is 0.288. The van der Waals surface area contributed by atoms with Crippen LogP contribution in [0.3, 0.4) is 0 Å². The van der Waals surface area contributed by atoms with Crippen molar-refractivity contribution in [2.45, 2.75) is 97.6 Å². The van der Waals surface area contributed by atoms with Crippen molar-refractivity contribution in [2.24, 2.45) is 17.8 Å². The summed E-state index contributed by atoms with van der Waals surface area (Å²) < 4.78 is 0. The second-order valence-electron chi connectivity index (χ2n) is 9.43. The molecule has 1 aliphatic carbocycles. The molecule has 1 saturated heterocycles. The second-order valence-corrected chi connectivity index (χ2v) is 9.43. The zero-order valence-corrected chi connectivity index (χ0v) is 18.6. The fraction of sp³-hybridized carbons (Fsp3) is 0.913. The Morgan fingerprint density at radius 3 is 2.43 bits per heavy atom. The number of nitrogens with zero attached hydrogens (tertiary/aromatic N) is 1. The minimum atomic E-state index is -0.426. The molecule has 5 nitrogen and oxygen atoms in total. The Balaban J connectivity index is 1.73. The lowest BCUT2D eigenvalue weighted by atomic mass is 9.82. The molecule has 2 amide bonds. The van der Waals surface area contributed by atoms with Crippen LogP contribution in [0.2, 0.25) is 0 Å². The van der Waals surface area contributed by atoms with Gasteiger partial charge in [0.05, 0.1) is 0 Å². The van der Waals surface area contributed by atoms with Crippen LogP contribution in [0.15, 0.2) is 0 Å². The maximum absolute atomic E-state index is 12.7. The van der Waals surface area contributed by atoms with Gasteiger partial charge in [0.1, 0.15) is 6.04 Å². The first kappa shape index (κ1) is 23.2. The van der Waals surface area contributed by atoms with Gasteiger partial charge in [-0.1, -0.05) is 34.1 Å². The van der Waals surface area contributed by atoms with Crippen molar-refractivity contribution in [2.75, 3.05) is 19.6 Å². The molecule has 0 bridgehead atoms. The molecular weight excluding hydrogens is 350 g/mol. The number of likely N-dealkylation sites (tertiary alicyclic amines) is 1. The van der Waals surface area contributed by atoms with E-state index in [9.17, 15) is 9.59 Å². The zero-order chi connectivity index (χ0) is 20.5. The van der Waals surface area contributed by atoms with Crippen molar-refractivity contribution < 1.29 is 9.59 Å². The normalized spacial score (nSPS) is 27.4. The van der Waals surface area contributed by atoms with E-state index in [4.69, 9.17) is 0 Å². The molecule has 1 heterocycles. The van der Waals surface area contributed by atoms with E-state index < -0.39 is 6.04 Å². The summed E-state index contributed by atoms with van der Waals surface area (Å²) in [4.78, 5) is 27.9. The number of nitrogens with one attached hydrogen (secondary N) is 2. The van der Waals surface area contributed by atoms with E-state index >= 15 is 0 Å². The molecule has 28 heavy (non-hydrogen) atoms. The predicted molar refractivity (Wildman–Crippen MR) is 115 cm³/mol. The van der Waals surface area contributed by atoms with Crippen LogP contribution < -0.4 is 10.6 Å². The summed E-state index contributed by atoms with van der Waals surface area (Å²) in [7, 11) is 0. The van der Waals surface area contributed by atoms with Crippen molar-refractivity contribution in [3.63, 3.8) is 0 Å². The molecule has 2 rings (SSSR count). The molecule has 2 fully saturated rings. The Morgan fingerprint density at radius 1 is 1.07 bits per heavy atom. The van der Waals surface area contributed by atoms with Gasteiger partial charge in [0.15, 0.2) is 0 Å². The maximum atomic E-state index is 12.7. The maximum Gasteiger partial charge on any atom is 0.242 e. The highest BCUT2D eigenvalue weighted by Crippen LogP contribution is 2.28. The van der Waals surface area contributed by atoms with Gasteiger partial charge >= 0.3 is 0 Å². The van der Waals surface area contributed by atoms with Gasteiger partial charge in [-0.15, -0.1) is 0 Å². The van der Waals surface area contributed by atoms with Crippen molar-refractivity contribution >= 4 is 11.8 Å². The molecule has 0 aromatic carbocycles. The van der Waals surface area contributed by atoms with Crippen LogP contribution in [0.5, 0.6) is 0 Å².